The molecule has 94 valence electrons. The molecule has 0 unspecified atom stereocenters. The van der Waals surface area contributed by atoms with E-state index in [1.165, 1.54) is 12.1 Å². The molecule has 0 bridgehead atoms. The first-order valence-electron chi connectivity index (χ1n) is 5.42. The highest BCUT2D eigenvalue weighted by Gasteiger charge is 2.03. The SMILES string of the molecule is NCc1cccc(COc2ccc(Cl)c(F)c2)n1. The number of nitrogens with zero attached hydrogens (tertiary/aromatic N) is 1. The van der Waals surface area contributed by atoms with Gasteiger partial charge in [0.2, 0.25) is 0 Å². The van der Waals surface area contributed by atoms with E-state index in [1.54, 1.807) is 6.07 Å². The molecule has 1 heterocycles. The van der Waals surface area contributed by atoms with E-state index in [-0.39, 0.29) is 11.6 Å². The summed E-state index contributed by atoms with van der Waals surface area (Å²) in [6.07, 6.45) is 0. The smallest absolute Gasteiger partial charge is 0.145 e. The standard InChI is InChI=1S/C13H12ClFN2O/c14-12-5-4-11(6-13(12)15)18-8-10-3-1-2-9(7-16)17-10/h1-6H,7-8,16H2. The molecule has 0 aliphatic carbocycles. The van der Waals surface area contributed by atoms with E-state index in [1.807, 2.05) is 18.2 Å². The minimum absolute atomic E-state index is 0.0746. The quantitative estimate of drug-likeness (QED) is 0.926. The molecule has 2 N–H and O–H groups in total. The van der Waals surface area contributed by atoms with Gasteiger partial charge < -0.3 is 10.5 Å². The number of hydrogen-bond acceptors (Lipinski definition) is 3. The predicted molar refractivity (Wildman–Crippen MR) is 67.9 cm³/mol. The topological polar surface area (TPSA) is 48.1 Å². The van der Waals surface area contributed by atoms with Crippen molar-refractivity contribution in [2.75, 3.05) is 0 Å². The lowest BCUT2D eigenvalue weighted by atomic mass is 10.3. The number of ether oxygens (including phenoxy) is 1. The predicted octanol–water partition coefficient (Wildman–Crippen LogP) is 2.91. The molecule has 0 spiro atoms. The van der Waals surface area contributed by atoms with Crippen LogP contribution in [0.25, 0.3) is 0 Å². The Hall–Kier alpha value is -1.65. The van der Waals surface area contributed by atoms with Crippen LogP contribution in [0.3, 0.4) is 0 Å². The van der Waals surface area contributed by atoms with Gasteiger partial charge in [-0.05, 0) is 24.3 Å². The average molecular weight is 267 g/mol. The summed E-state index contributed by atoms with van der Waals surface area (Å²) in [6.45, 7) is 0.637. The van der Waals surface area contributed by atoms with Crippen molar-refractivity contribution in [3.05, 3.63) is 58.6 Å². The first-order chi connectivity index (χ1) is 8.69. The summed E-state index contributed by atoms with van der Waals surface area (Å²) >= 11 is 5.58. The molecule has 2 aromatic rings. The largest absolute Gasteiger partial charge is 0.487 e. The maximum atomic E-state index is 13.2. The minimum atomic E-state index is -0.502. The zero-order valence-corrected chi connectivity index (χ0v) is 10.3. The Kier molecular flexibility index (Phi) is 4.12. The number of nitrogens with two attached hydrogens (primary N) is 1. The lowest BCUT2D eigenvalue weighted by molar-refractivity contribution is 0.299. The Labute approximate surface area is 109 Å². The van der Waals surface area contributed by atoms with Crippen LogP contribution in [0.5, 0.6) is 5.75 Å². The fraction of sp³-hybridized carbons (Fsp3) is 0.154. The van der Waals surface area contributed by atoms with E-state index in [0.717, 1.165) is 11.4 Å². The lowest BCUT2D eigenvalue weighted by Gasteiger charge is -2.07. The van der Waals surface area contributed by atoms with Gasteiger partial charge in [-0.3, -0.25) is 4.98 Å². The molecular formula is C13H12ClFN2O. The molecule has 1 aromatic carbocycles. The summed E-state index contributed by atoms with van der Waals surface area (Å²) in [4.78, 5) is 4.28. The molecule has 1 aromatic heterocycles. The van der Waals surface area contributed by atoms with Crippen LogP contribution < -0.4 is 10.5 Å². The van der Waals surface area contributed by atoms with Gasteiger partial charge in [0.25, 0.3) is 0 Å². The third-order valence-electron chi connectivity index (χ3n) is 2.35. The molecule has 18 heavy (non-hydrogen) atoms. The summed E-state index contributed by atoms with van der Waals surface area (Å²) in [5, 5.41) is 0.0746. The highest BCUT2D eigenvalue weighted by Crippen LogP contribution is 2.20. The van der Waals surface area contributed by atoms with Crippen LogP contribution in [0.2, 0.25) is 5.02 Å². The number of hydrogen-bond donors (Lipinski definition) is 1. The summed E-state index contributed by atoms with van der Waals surface area (Å²) in [6, 6.07) is 9.83. The van der Waals surface area contributed by atoms with Gasteiger partial charge in [0.05, 0.1) is 16.4 Å². The van der Waals surface area contributed by atoms with Crippen molar-refractivity contribution in [1.29, 1.82) is 0 Å². The molecule has 0 aliphatic rings. The van der Waals surface area contributed by atoms with E-state index >= 15 is 0 Å². The van der Waals surface area contributed by atoms with Crippen LogP contribution in [0.1, 0.15) is 11.4 Å². The second-order valence-electron chi connectivity index (χ2n) is 3.69. The van der Waals surface area contributed by atoms with Crippen molar-refractivity contribution in [2.24, 2.45) is 5.73 Å². The summed E-state index contributed by atoms with van der Waals surface area (Å²) < 4.78 is 18.6. The third kappa shape index (κ3) is 3.18. The zero-order chi connectivity index (χ0) is 13.0. The monoisotopic (exact) mass is 266 g/mol. The van der Waals surface area contributed by atoms with E-state index in [9.17, 15) is 4.39 Å². The van der Waals surface area contributed by atoms with Crippen molar-refractivity contribution in [3.8, 4) is 5.75 Å². The van der Waals surface area contributed by atoms with Gasteiger partial charge in [0.15, 0.2) is 0 Å². The van der Waals surface area contributed by atoms with Crippen LogP contribution in [0, 0.1) is 5.82 Å². The third-order valence-corrected chi connectivity index (χ3v) is 2.66. The molecule has 0 fully saturated rings. The van der Waals surface area contributed by atoms with Crippen molar-refractivity contribution in [3.63, 3.8) is 0 Å². The Morgan fingerprint density at radius 2 is 2.00 bits per heavy atom. The minimum Gasteiger partial charge on any atom is -0.487 e. The molecule has 5 heteroatoms. The first kappa shape index (κ1) is 12.8. The molecule has 0 atom stereocenters. The molecular weight excluding hydrogens is 255 g/mol. The molecule has 3 nitrogen and oxygen atoms in total. The van der Waals surface area contributed by atoms with Crippen molar-refractivity contribution in [1.82, 2.24) is 4.98 Å². The molecule has 0 amide bonds. The molecule has 2 rings (SSSR count). The zero-order valence-electron chi connectivity index (χ0n) is 9.57. The van der Waals surface area contributed by atoms with Crippen LogP contribution in [0.4, 0.5) is 4.39 Å². The van der Waals surface area contributed by atoms with Gasteiger partial charge in [-0.1, -0.05) is 17.7 Å². The van der Waals surface area contributed by atoms with Gasteiger partial charge in [-0.2, -0.15) is 0 Å². The van der Waals surface area contributed by atoms with E-state index in [0.29, 0.717) is 12.3 Å². The summed E-state index contributed by atoms with van der Waals surface area (Å²) in [5.74, 6) is -0.0883. The van der Waals surface area contributed by atoms with Crippen LogP contribution in [0.15, 0.2) is 36.4 Å². The van der Waals surface area contributed by atoms with Gasteiger partial charge in [0.1, 0.15) is 18.2 Å². The summed E-state index contributed by atoms with van der Waals surface area (Å²) in [7, 11) is 0. The van der Waals surface area contributed by atoms with Crippen molar-refractivity contribution < 1.29 is 9.13 Å². The van der Waals surface area contributed by atoms with E-state index in [4.69, 9.17) is 22.1 Å². The van der Waals surface area contributed by atoms with Crippen LogP contribution in [-0.4, -0.2) is 4.98 Å². The van der Waals surface area contributed by atoms with E-state index in [2.05, 4.69) is 4.98 Å². The number of aromatic nitrogens is 1. The molecule has 0 aliphatic heterocycles. The Balaban J connectivity index is 2.04. The molecule has 0 radical (unpaired) electrons. The van der Waals surface area contributed by atoms with Gasteiger partial charge in [0, 0.05) is 12.6 Å². The Bertz CT molecular complexity index is 548. The fourth-order valence-electron chi connectivity index (χ4n) is 1.45. The van der Waals surface area contributed by atoms with Crippen molar-refractivity contribution in [2.45, 2.75) is 13.2 Å². The maximum absolute atomic E-state index is 13.2. The normalized spacial score (nSPS) is 10.4. The maximum Gasteiger partial charge on any atom is 0.145 e. The average Bonchev–Trinajstić information content (AvgIpc) is 2.40. The van der Waals surface area contributed by atoms with E-state index < -0.39 is 5.82 Å². The summed E-state index contributed by atoms with van der Waals surface area (Å²) in [5.41, 5.74) is 7.03. The van der Waals surface area contributed by atoms with Gasteiger partial charge >= 0.3 is 0 Å². The second kappa shape index (κ2) is 5.80. The highest BCUT2D eigenvalue weighted by molar-refractivity contribution is 6.30. The molecule has 0 saturated heterocycles. The highest BCUT2D eigenvalue weighted by atomic mass is 35.5. The number of pyridine rings is 1. The Morgan fingerprint density at radius 3 is 2.72 bits per heavy atom. The van der Waals surface area contributed by atoms with Crippen molar-refractivity contribution >= 4 is 11.6 Å². The molecule has 0 saturated carbocycles. The Morgan fingerprint density at radius 1 is 1.22 bits per heavy atom. The fourth-order valence-corrected chi connectivity index (χ4v) is 1.56. The first-order valence-corrected chi connectivity index (χ1v) is 5.79. The number of halogens is 2. The number of benzene rings is 1. The number of rotatable bonds is 4. The lowest BCUT2D eigenvalue weighted by Crippen LogP contribution is -2.04. The van der Waals surface area contributed by atoms with Gasteiger partial charge in [-0.25, -0.2) is 4.39 Å². The second-order valence-corrected chi connectivity index (χ2v) is 4.10. The van der Waals surface area contributed by atoms with Crippen LogP contribution in [-0.2, 0) is 13.2 Å². The van der Waals surface area contributed by atoms with Crippen LogP contribution >= 0.6 is 11.6 Å². The van der Waals surface area contributed by atoms with Gasteiger partial charge in [-0.15, -0.1) is 0 Å².